The molecule has 2 heterocycles. The van der Waals surface area contributed by atoms with Gasteiger partial charge in [0.2, 0.25) is 0 Å². The fraction of sp³-hybridized carbons (Fsp3) is 0.227. The Morgan fingerprint density at radius 3 is 2.63 bits per heavy atom. The molecule has 0 spiro atoms. The van der Waals surface area contributed by atoms with Gasteiger partial charge in [0.25, 0.3) is 0 Å². The standard InChI is InChI=1S/C22H21ClN2OS/c23-17-9-11-18(12-10-17)26-14-4-3-13-25-21-8-2-1-7-20(21)24-22(25)16-19-6-5-15-27-19/h1-2,5-12,15H,3-4,13-14,16H2. The number of hydrogen-bond acceptors (Lipinski definition) is 3. The number of aromatic nitrogens is 2. The SMILES string of the molecule is Clc1ccc(OCCCCn2c(Cc3cccs3)nc3ccccc32)cc1. The second-order valence-corrected chi connectivity index (χ2v) is 7.90. The Bertz CT molecular complexity index is 993. The summed E-state index contributed by atoms with van der Waals surface area (Å²) in [5.41, 5.74) is 2.28. The van der Waals surface area contributed by atoms with Crippen molar-refractivity contribution in [2.45, 2.75) is 25.8 Å². The number of benzene rings is 2. The van der Waals surface area contributed by atoms with Gasteiger partial charge in [0.05, 0.1) is 17.6 Å². The lowest BCUT2D eigenvalue weighted by Crippen LogP contribution is -2.06. The predicted octanol–water partition coefficient (Wildman–Crippen LogP) is 6.20. The summed E-state index contributed by atoms with van der Waals surface area (Å²) in [7, 11) is 0. The van der Waals surface area contributed by atoms with E-state index in [4.69, 9.17) is 21.3 Å². The molecule has 0 aliphatic heterocycles. The minimum absolute atomic E-state index is 0.703. The second kappa shape index (κ2) is 8.59. The van der Waals surface area contributed by atoms with E-state index < -0.39 is 0 Å². The van der Waals surface area contributed by atoms with Crippen LogP contribution >= 0.6 is 22.9 Å². The number of imidazole rings is 1. The van der Waals surface area contributed by atoms with E-state index in [9.17, 15) is 0 Å². The first-order valence-corrected chi connectivity index (χ1v) is 10.4. The van der Waals surface area contributed by atoms with Gasteiger partial charge in [-0.2, -0.15) is 0 Å². The fourth-order valence-electron chi connectivity index (χ4n) is 3.17. The summed E-state index contributed by atoms with van der Waals surface area (Å²) in [4.78, 5) is 6.21. The van der Waals surface area contributed by atoms with Crippen molar-refractivity contribution in [1.82, 2.24) is 9.55 Å². The smallest absolute Gasteiger partial charge is 0.119 e. The van der Waals surface area contributed by atoms with Crippen molar-refractivity contribution in [3.63, 3.8) is 0 Å². The third-order valence-corrected chi connectivity index (χ3v) is 5.63. The Kier molecular flexibility index (Phi) is 5.75. The number of unbranched alkanes of at least 4 members (excludes halogenated alkanes) is 1. The van der Waals surface area contributed by atoms with Crippen LogP contribution in [0.2, 0.25) is 5.02 Å². The molecule has 0 radical (unpaired) electrons. The zero-order valence-corrected chi connectivity index (χ0v) is 16.5. The van der Waals surface area contributed by atoms with Crippen LogP contribution in [0.1, 0.15) is 23.5 Å². The van der Waals surface area contributed by atoms with Crippen molar-refractivity contribution in [2.75, 3.05) is 6.61 Å². The molecule has 0 saturated carbocycles. The van der Waals surface area contributed by atoms with Crippen LogP contribution in [-0.2, 0) is 13.0 Å². The highest BCUT2D eigenvalue weighted by atomic mass is 35.5. The molecule has 4 aromatic rings. The molecule has 0 aliphatic rings. The number of rotatable bonds is 8. The molecule has 3 nitrogen and oxygen atoms in total. The van der Waals surface area contributed by atoms with E-state index in [1.807, 2.05) is 24.3 Å². The van der Waals surface area contributed by atoms with Gasteiger partial charge in [0.1, 0.15) is 11.6 Å². The van der Waals surface area contributed by atoms with E-state index in [-0.39, 0.29) is 0 Å². The summed E-state index contributed by atoms with van der Waals surface area (Å²) in [5.74, 6) is 2.00. The second-order valence-electron chi connectivity index (χ2n) is 6.43. The molecule has 0 saturated heterocycles. The molecule has 0 aliphatic carbocycles. The highest BCUT2D eigenvalue weighted by Crippen LogP contribution is 2.21. The third-order valence-electron chi connectivity index (χ3n) is 4.50. The molecule has 2 aromatic carbocycles. The van der Waals surface area contributed by atoms with Gasteiger partial charge >= 0.3 is 0 Å². The summed E-state index contributed by atoms with van der Waals surface area (Å²) in [6.07, 6.45) is 2.92. The van der Waals surface area contributed by atoms with E-state index in [0.29, 0.717) is 6.61 Å². The number of aryl methyl sites for hydroxylation is 1. The Labute approximate surface area is 168 Å². The zero-order chi connectivity index (χ0) is 18.5. The minimum atomic E-state index is 0.703. The highest BCUT2D eigenvalue weighted by Gasteiger charge is 2.11. The lowest BCUT2D eigenvalue weighted by atomic mass is 10.2. The van der Waals surface area contributed by atoms with E-state index in [2.05, 4.69) is 46.3 Å². The van der Waals surface area contributed by atoms with Crippen molar-refractivity contribution in [1.29, 1.82) is 0 Å². The Morgan fingerprint density at radius 2 is 1.81 bits per heavy atom. The van der Waals surface area contributed by atoms with Gasteiger partial charge in [-0.1, -0.05) is 29.8 Å². The molecule has 0 N–H and O–H groups in total. The Balaban J connectivity index is 1.39. The van der Waals surface area contributed by atoms with Crippen LogP contribution in [0.15, 0.2) is 66.0 Å². The summed E-state index contributed by atoms with van der Waals surface area (Å²) in [6.45, 7) is 1.65. The van der Waals surface area contributed by atoms with Crippen molar-refractivity contribution < 1.29 is 4.74 Å². The third kappa shape index (κ3) is 4.52. The Hall–Kier alpha value is -2.30. The number of para-hydroxylation sites is 2. The van der Waals surface area contributed by atoms with Crippen LogP contribution in [0.4, 0.5) is 0 Å². The molecule has 0 bridgehead atoms. The molecule has 4 rings (SSSR count). The number of thiophene rings is 1. The van der Waals surface area contributed by atoms with Gasteiger partial charge in [-0.05, 0) is 60.7 Å². The highest BCUT2D eigenvalue weighted by molar-refractivity contribution is 7.09. The molecule has 138 valence electrons. The maximum Gasteiger partial charge on any atom is 0.119 e. The molecule has 27 heavy (non-hydrogen) atoms. The number of nitrogens with zero attached hydrogens (tertiary/aromatic N) is 2. The quantitative estimate of drug-likeness (QED) is 0.331. The van der Waals surface area contributed by atoms with Gasteiger partial charge in [-0.15, -0.1) is 11.3 Å². The molecule has 2 aromatic heterocycles. The maximum absolute atomic E-state index is 5.90. The monoisotopic (exact) mass is 396 g/mol. The summed E-state index contributed by atoms with van der Waals surface area (Å²) in [6, 6.07) is 20.2. The van der Waals surface area contributed by atoms with Crippen LogP contribution in [-0.4, -0.2) is 16.2 Å². The number of fused-ring (bicyclic) bond motifs is 1. The van der Waals surface area contributed by atoms with Crippen molar-refractivity contribution in [2.24, 2.45) is 0 Å². The van der Waals surface area contributed by atoms with Crippen LogP contribution in [0.25, 0.3) is 11.0 Å². The van der Waals surface area contributed by atoms with E-state index in [1.54, 1.807) is 11.3 Å². The van der Waals surface area contributed by atoms with Crippen LogP contribution in [0.5, 0.6) is 5.75 Å². The molecular formula is C22H21ClN2OS. The van der Waals surface area contributed by atoms with E-state index in [1.165, 1.54) is 10.4 Å². The van der Waals surface area contributed by atoms with Crippen molar-refractivity contribution in [3.05, 3.63) is 81.8 Å². The van der Waals surface area contributed by atoms with Crippen LogP contribution in [0, 0.1) is 0 Å². The first-order valence-electron chi connectivity index (χ1n) is 9.14. The lowest BCUT2D eigenvalue weighted by molar-refractivity contribution is 0.303. The van der Waals surface area contributed by atoms with E-state index in [0.717, 1.165) is 47.9 Å². The molecule has 0 atom stereocenters. The molecule has 0 fully saturated rings. The first kappa shape index (κ1) is 18.1. The number of ether oxygens (including phenoxy) is 1. The first-order chi connectivity index (χ1) is 13.3. The van der Waals surface area contributed by atoms with Crippen LogP contribution < -0.4 is 4.74 Å². The number of halogens is 1. The van der Waals surface area contributed by atoms with Gasteiger partial charge in [0.15, 0.2) is 0 Å². The van der Waals surface area contributed by atoms with Gasteiger partial charge in [0, 0.05) is 22.9 Å². The normalized spacial score (nSPS) is 11.1. The summed E-state index contributed by atoms with van der Waals surface area (Å²) < 4.78 is 8.16. The molecule has 0 amide bonds. The number of hydrogen-bond donors (Lipinski definition) is 0. The zero-order valence-electron chi connectivity index (χ0n) is 15.0. The summed E-state index contributed by atoms with van der Waals surface area (Å²) in [5, 5.41) is 2.85. The van der Waals surface area contributed by atoms with E-state index >= 15 is 0 Å². The molecular weight excluding hydrogens is 376 g/mol. The minimum Gasteiger partial charge on any atom is -0.494 e. The van der Waals surface area contributed by atoms with Gasteiger partial charge in [-0.3, -0.25) is 0 Å². The van der Waals surface area contributed by atoms with Crippen LogP contribution in [0.3, 0.4) is 0 Å². The maximum atomic E-state index is 5.90. The Morgan fingerprint density at radius 1 is 0.963 bits per heavy atom. The lowest BCUT2D eigenvalue weighted by Gasteiger charge is -2.10. The van der Waals surface area contributed by atoms with Crippen molar-refractivity contribution in [3.8, 4) is 5.75 Å². The topological polar surface area (TPSA) is 27.1 Å². The van der Waals surface area contributed by atoms with Gasteiger partial charge < -0.3 is 9.30 Å². The summed E-state index contributed by atoms with van der Waals surface area (Å²) >= 11 is 7.69. The average molecular weight is 397 g/mol. The predicted molar refractivity (Wildman–Crippen MR) is 113 cm³/mol. The van der Waals surface area contributed by atoms with Gasteiger partial charge in [-0.25, -0.2) is 4.98 Å². The van der Waals surface area contributed by atoms with Crippen molar-refractivity contribution >= 4 is 34.0 Å². The molecule has 0 unspecified atom stereocenters. The largest absolute Gasteiger partial charge is 0.494 e. The fourth-order valence-corrected chi connectivity index (χ4v) is 4.00. The average Bonchev–Trinajstić information content (AvgIpc) is 3.31. The molecule has 5 heteroatoms.